The molecule has 4 rings (SSSR count). The second-order valence-electron chi connectivity index (χ2n) is 6.47. The molecule has 1 N–H and O–H groups in total. The highest BCUT2D eigenvalue weighted by Crippen LogP contribution is 2.28. The number of nitrogens with one attached hydrogen (secondary N) is 1. The Labute approximate surface area is 176 Å². The van der Waals surface area contributed by atoms with E-state index in [1.165, 1.54) is 17.8 Å². The molecular weight excluding hydrogens is 405 g/mol. The number of thioether (sulfide) groups is 1. The van der Waals surface area contributed by atoms with Gasteiger partial charge in [-0.25, -0.2) is 4.39 Å². The molecule has 0 aliphatic carbocycles. The zero-order valence-corrected chi connectivity index (χ0v) is 17.1. The molecule has 2 aromatic heterocycles. The number of nitrogens with zero attached hydrogens (tertiary/aromatic N) is 4. The summed E-state index contributed by atoms with van der Waals surface area (Å²) in [5.41, 5.74) is 3.03. The predicted molar refractivity (Wildman–Crippen MR) is 113 cm³/mol. The summed E-state index contributed by atoms with van der Waals surface area (Å²) in [4.78, 5) is 12.3. The van der Waals surface area contributed by atoms with Gasteiger partial charge in [-0.3, -0.25) is 4.79 Å². The molecule has 7 nitrogen and oxygen atoms in total. The summed E-state index contributed by atoms with van der Waals surface area (Å²) in [5.74, 6) is 0.144. The Morgan fingerprint density at radius 2 is 2.00 bits per heavy atom. The minimum atomic E-state index is -0.364. The van der Waals surface area contributed by atoms with Crippen molar-refractivity contribution in [2.75, 3.05) is 18.2 Å². The summed E-state index contributed by atoms with van der Waals surface area (Å²) in [6.07, 6.45) is 0. The first-order valence-corrected chi connectivity index (χ1v) is 10.1. The zero-order valence-electron chi connectivity index (χ0n) is 16.3. The fourth-order valence-electron chi connectivity index (χ4n) is 2.86. The summed E-state index contributed by atoms with van der Waals surface area (Å²) in [7, 11) is 1.61. The van der Waals surface area contributed by atoms with Crippen molar-refractivity contribution >= 4 is 29.0 Å². The van der Waals surface area contributed by atoms with Crippen LogP contribution in [0.15, 0.2) is 59.8 Å². The van der Waals surface area contributed by atoms with Gasteiger partial charge < -0.3 is 10.1 Å². The lowest BCUT2D eigenvalue weighted by atomic mass is 10.1. The van der Waals surface area contributed by atoms with Gasteiger partial charge in [0.2, 0.25) is 11.1 Å². The molecule has 0 aliphatic rings. The predicted octanol–water partition coefficient (Wildman–Crippen LogP) is 3.98. The maximum Gasteiger partial charge on any atom is 0.234 e. The lowest BCUT2D eigenvalue weighted by Gasteiger charge is -2.08. The third-order valence-electron chi connectivity index (χ3n) is 4.41. The number of carbonyl (C=O) groups is 1. The number of hydrogen-bond acceptors (Lipinski definition) is 6. The topological polar surface area (TPSA) is 81.4 Å². The van der Waals surface area contributed by atoms with Gasteiger partial charge in [0.05, 0.1) is 18.6 Å². The third kappa shape index (κ3) is 4.11. The minimum absolute atomic E-state index is 0.0802. The standard InChI is InChI=1S/C21H18FN5O2S/c1-13-7-8-14(11-16(13)22)23-20(28)12-30-21-25-24-19-10-9-17(26-27(19)21)15-5-3-4-6-18(15)29-2/h3-11H,12H2,1-2H3,(H,23,28). The molecule has 0 bridgehead atoms. The van der Waals surface area contributed by atoms with Gasteiger partial charge in [0.15, 0.2) is 5.65 Å². The Balaban J connectivity index is 1.51. The molecule has 0 aliphatic heterocycles. The van der Waals surface area contributed by atoms with Gasteiger partial charge in [0.25, 0.3) is 0 Å². The first-order chi connectivity index (χ1) is 14.5. The average molecular weight is 423 g/mol. The van der Waals surface area contributed by atoms with Crippen molar-refractivity contribution < 1.29 is 13.9 Å². The van der Waals surface area contributed by atoms with E-state index in [9.17, 15) is 9.18 Å². The van der Waals surface area contributed by atoms with Crippen LogP contribution in [0.1, 0.15) is 5.56 Å². The zero-order chi connectivity index (χ0) is 21.1. The SMILES string of the molecule is COc1ccccc1-c1ccc2nnc(SCC(=O)Nc3ccc(C)c(F)c3)n2n1. The van der Waals surface area contributed by atoms with E-state index in [1.807, 2.05) is 30.3 Å². The second-order valence-corrected chi connectivity index (χ2v) is 7.41. The molecule has 152 valence electrons. The number of hydrogen-bond donors (Lipinski definition) is 1. The highest BCUT2D eigenvalue weighted by molar-refractivity contribution is 7.99. The van der Waals surface area contributed by atoms with Crippen molar-refractivity contribution in [3.05, 3.63) is 66.0 Å². The number of halogens is 1. The van der Waals surface area contributed by atoms with Gasteiger partial charge in [0.1, 0.15) is 11.6 Å². The maximum atomic E-state index is 13.6. The van der Waals surface area contributed by atoms with Gasteiger partial charge in [0, 0.05) is 11.3 Å². The Morgan fingerprint density at radius 1 is 1.17 bits per heavy atom. The number of para-hydroxylation sites is 1. The van der Waals surface area contributed by atoms with Gasteiger partial charge in [-0.2, -0.15) is 9.61 Å². The fourth-order valence-corrected chi connectivity index (χ4v) is 3.54. The van der Waals surface area contributed by atoms with Gasteiger partial charge in [-0.1, -0.05) is 30.0 Å². The van der Waals surface area contributed by atoms with Crippen LogP contribution in [-0.4, -0.2) is 38.6 Å². The largest absolute Gasteiger partial charge is 0.496 e. The normalized spacial score (nSPS) is 10.9. The highest BCUT2D eigenvalue weighted by atomic mass is 32.2. The monoisotopic (exact) mass is 423 g/mol. The van der Waals surface area contributed by atoms with E-state index in [0.717, 1.165) is 5.56 Å². The fraction of sp³-hybridized carbons (Fsp3) is 0.143. The van der Waals surface area contributed by atoms with E-state index < -0.39 is 0 Å². The van der Waals surface area contributed by atoms with Gasteiger partial charge in [-0.05, 0) is 48.9 Å². The van der Waals surface area contributed by atoms with Crippen LogP contribution >= 0.6 is 11.8 Å². The number of amides is 1. The van der Waals surface area contributed by atoms with Crippen LogP contribution in [0.5, 0.6) is 5.75 Å². The molecular formula is C21H18FN5O2S. The number of aryl methyl sites for hydroxylation is 1. The van der Waals surface area contributed by atoms with Crippen molar-refractivity contribution in [1.29, 1.82) is 0 Å². The van der Waals surface area contributed by atoms with Crippen molar-refractivity contribution in [2.45, 2.75) is 12.1 Å². The van der Waals surface area contributed by atoms with Crippen molar-refractivity contribution in [3.63, 3.8) is 0 Å². The summed E-state index contributed by atoms with van der Waals surface area (Å²) < 4.78 is 20.6. The molecule has 0 unspecified atom stereocenters. The molecule has 2 aromatic carbocycles. The van der Waals surface area contributed by atoms with E-state index in [2.05, 4.69) is 20.6 Å². The van der Waals surface area contributed by atoms with Crippen LogP contribution in [0.2, 0.25) is 0 Å². The van der Waals surface area contributed by atoms with Crippen LogP contribution in [0.25, 0.3) is 16.9 Å². The lowest BCUT2D eigenvalue weighted by molar-refractivity contribution is -0.113. The van der Waals surface area contributed by atoms with Crippen molar-refractivity contribution in [1.82, 2.24) is 19.8 Å². The van der Waals surface area contributed by atoms with Gasteiger partial charge in [-0.15, -0.1) is 10.2 Å². The summed E-state index contributed by atoms with van der Waals surface area (Å²) in [6, 6.07) is 15.8. The maximum absolute atomic E-state index is 13.6. The molecule has 4 aromatic rings. The van der Waals surface area contributed by atoms with E-state index in [-0.39, 0.29) is 17.5 Å². The van der Waals surface area contributed by atoms with Crippen molar-refractivity contribution in [3.8, 4) is 17.0 Å². The molecule has 0 spiro atoms. The van der Waals surface area contributed by atoms with Crippen molar-refractivity contribution in [2.24, 2.45) is 0 Å². The van der Waals surface area contributed by atoms with Gasteiger partial charge >= 0.3 is 0 Å². The quantitative estimate of drug-likeness (QED) is 0.473. The average Bonchev–Trinajstić information content (AvgIpc) is 3.17. The smallest absolute Gasteiger partial charge is 0.234 e. The number of fused-ring (bicyclic) bond motifs is 1. The summed E-state index contributed by atoms with van der Waals surface area (Å²) in [5, 5.41) is 16.0. The van der Waals surface area contributed by atoms with Crippen LogP contribution in [-0.2, 0) is 4.79 Å². The molecule has 9 heteroatoms. The number of methoxy groups -OCH3 is 1. The minimum Gasteiger partial charge on any atom is -0.496 e. The molecule has 1 amide bonds. The Morgan fingerprint density at radius 3 is 2.80 bits per heavy atom. The Bertz CT molecular complexity index is 1230. The molecule has 0 saturated carbocycles. The number of anilines is 1. The van der Waals surface area contributed by atoms with Crippen LogP contribution in [0, 0.1) is 12.7 Å². The molecule has 0 atom stereocenters. The second kappa shape index (κ2) is 8.50. The first kappa shape index (κ1) is 19.8. The molecule has 0 fully saturated rings. The Hall–Kier alpha value is -3.46. The van der Waals surface area contributed by atoms with Crippen LogP contribution in [0.3, 0.4) is 0 Å². The number of benzene rings is 2. The lowest BCUT2D eigenvalue weighted by Crippen LogP contribution is -2.14. The van der Waals surface area contributed by atoms with E-state index in [0.29, 0.717) is 33.5 Å². The van der Waals surface area contributed by atoms with Crippen LogP contribution in [0.4, 0.5) is 10.1 Å². The number of aromatic nitrogens is 4. The number of rotatable bonds is 6. The number of carbonyl (C=O) groups excluding carboxylic acids is 1. The molecule has 30 heavy (non-hydrogen) atoms. The first-order valence-electron chi connectivity index (χ1n) is 9.10. The highest BCUT2D eigenvalue weighted by Gasteiger charge is 2.13. The number of ether oxygens (including phenoxy) is 1. The van der Waals surface area contributed by atoms with Crippen LogP contribution < -0.4 is 10.1 Å². The molecule has 0 radical (unpaired) electrons. The summed E-state index contributed by atoms with van der Waals surface area (Å²) >= 11 is 1.19. The van der Waals surface area contributed by atoms with E-state index >= 15 is 0 Å². The molecule has 2 heterocycles. The Kier molecular flexibility index (Phi) is 5.62. The van der Waals surface area contributed by atoms with E-state index in [1.54, 1.807) is 36.7 Å². The third-order valence-corrected chi connectivity index (χ3v) is 5.32. The summed E-state index contributed by atoms with van der Waals surface area (Å²) in [6.45, 7) is 1.67. The molecule has 0 saturated heterocycles. The van der Waals surface area contributed by atoms with E-state index in [4.69, 9.17) is 4.74 Å².